The Balaban J connectivity index is 1.84. The molecule has 0 spiro atoms. The van der Waals surface area contributed by atoms with Gasteiger partial charge in [-0.25, -0.2) is 4.99 Å². The summed E-state index contributed by atoms with van der Waals surface area (Å²) in [4.78, 5) is 10.9. The topological polar surface area (TPSA) is 48.5 Å². The maximum Gasteiger partial charge on any atom is 0.0991 e. The van der Waals surface area contributed by atoms with E-state index < -0.39 is 0 Å². The molecular formula is C20H13N3S. The van der Waals surface area contributed by atoms with Crippen molar-refractivity contribution in [2.75, 3.05) is 0 Å². The normalized spacial score (nSPS) is 13.3. The van der Waals surface area contributed by atoms with Gasteiger partial charge in [-0.05, 0) is 41.3 Å². The van der Waals surface area contributed by atoms with Crippen molar-refractivity contribution in [3.8, 4) is 6.07 Å². The molecule has 0 bridgehead atoms. The first-order valence-electron chi connectivity index (χ1n) is 7.62. The van der Waals surface area contributed by atoms with Gasteiger partial charge in [0.15, 0.2) is 0 Å². The Morgan fingerprint density at radius 3 is 2.17 bits per heavy atom. The Labute approximate surface area is 144 Å². The van der Waals surface area contributed by atoms with Crippen LogP contribution in [0.15, 0.2) is 76.0 Å². The molecule has 2 heterocycles. The summed E-state index contributed by atoms with van der Waals surface area (Å²) in [6.45, 7) is 0. The highest BCUT2D eigenvalue weighted by atomic mass is 32.1. The standard InChI is InChI=1S/C20H13N3S/c21-13-14-7-9-15(10-8-14)18-12-19(20-6-3-11-24-20)23-17-5-2-1-4-16(17)22-18/h1-11H,12H2. The van der Waals surface area contributed by atoms with E-state index in [9.17, 15) is 0 Å². The van der Waals surface area contributed by atoms with Crippen molar-refractivity contribution >= 4 is 34.1 Å². The molecule has 3 aromatic rings. The minimum Gasteiger partial charge on any atom is -0.250 e. The molecule has 0 N–H and O–H groups in total. The monoisotopic (exact) mass is 327 g/mol. The summed E-state index contributed by atoms with van der Waals surface area (Å²) in [7, 11) is 0. The van der Waals surface area contributed by atoms with Crippen LogP contribution in [0.1, 0.15) is 22.4 Å². The number of nitrogens with zero attached hydrogens (tertiary/aromatic N) is 3. The fourth-order valence-electron chi connectivity index (χ4n) is 2.67. The van der Waals surface area contributed by atoms with E-state index >= 15 is 0 Å². The lowest BCUT2D eigenvalue weighted by molar-refractivity contribution is 1.44. The largest absolute Gasteiger partial charge is 0.250 e. The van der Waals surface area contributed by atoms with Crippen molar-refractivity contribution in [1.29, 1.82) is 5.26 Å². The van der Waals surface area contributed by atoms with Gasteiger partial charge in [0.2, 0.25) is 0 Å². The maximum absolute atomic E-state index is 8.98. The van der Waals surface area contributed by atoms with E-state index in [2.05, 4.69) is 17.5 Å². The molecule has 0 amide bonds. The molecule has 1 aliphatic rings. The third kappa shape index (κ3) is 2.78. The van der Waals surface area contributed by atoms with Crippen LogP contribution in [0.25, 0.3) is 0 Å². The Kier molecular flexibility index (Phi) is 3.78. The molecule has 0 radical (unpaired) electrons. The molecule has 0 fully saturated rings. The van der Waals surface area contributed by atoms with Gasteiger partial charge >= 0.3 is 0 Å². The summed E-state index contributed by atoms with van der Waals surface area (Å²) >= 11 is 1.69. The number of thiophene rings is 1. The van der Waals surface area contributed by atoms with Gasteiger partial charge in [-0.3, -0.25) is 4.99 Å². The van der Waals surface area contributed by atoms with Gasteiger partial charge < -0.3 is 0 Å². The molecule has 2 aromatic carbocycles. The van der Waals surface area contributed by atoms with Gasteiger partial charge in [0.25, 0.3) is 0 Å². The van der Waals surface area contributed by atoms with Gasteiger partial charge in [-0.1, -0.05) is 30.3 Å². The number of para-hydroxylation sites is 2. The van der Waals surface area contributed by atoms with Crippen LogP contribution in [0, 0.1) is 11.3 Å². The molecule has 0 saturated heterocycles. The molecule has 1 aromatic heterocycles. The Hall–Kier alpha value is -3.03. The van der Waals surface area contributed by atoms with Crippen molar-refractivity contribution in [2.45, 2.75) is 6.42 Å². The second-order valence-electron chi connectivity index (χ2n) is 5.45. The van der Waals surface area contributed by atoms with Gasteiger partial charge in [0, 0.05) is 11.3 Å². The molecular weight excluding hydrogens is 314 g/mol. The Morgan fingerprint density at radius 2 is 1.54 bits per heavy atom. The van der Waals surface area contributed by atoms with Gasteiger partial charge in [-0.15, -0.1) is 11.3 Å². The van der Waals surface area contributed by atoms with E-state index in [0.29, 0.717) is 12.0 Å². The zero-order valence-electron chi connectivity index (χ0n) is 12.8. The number of benzene rings is 2. The minimum atomic E-state index is 0.653. The lowest BCUT2D eigenvalue weighted by atomic mass is 10.0. The van der Waals surface area contributed by atoms with Crippen LogP contribution in [-0.4, -0.2) is 11.4 Å². The fraction of sp³-hybridized carbons (Fsp3) is 0.0500. The number of aliphatic imine (C=N–C) groups is 2. The maximum atomic E-state index is 8.98. The highest BCUT2D eigenvalue weighted by molar-refractivity contribution is 7.12. The summed E-state index contributed by atoms with van der Waals surface area (Å²) in [5.41, 5.74) is 5.44. The van der Waals surface area contributed by atoms with Crippen molar-refractivity contribution in [3.05, 3.63) is 82.0 Å². The summed E-state index contributed by atoms with van der Waals surface area (Å²) in [5, 5.41) is 11.0. The number of hydrogen-bond acceptors (Lipinski definition) is 4. The SMILES string of the molecule is N#Cc1ccc(C2=Nc3ccccc3N=C(c3cccs3)C2)cc1. The van der Waals surface area contributed by atoms with Crippen molar-refractivity contribution in [1.82, 2.24) is 0 Å². The van der Waals surface area contributed by atoms with Crippen LogP contribution in [0.2, 0.25) is 0 Å². The summed E-state index contributed by atoms with van der Waals surface area (Å²) in [6.07, 6.45) is 0.668. The molecule has 0 aliphatic carbocycles. The zero-order valence-corrected chi connectivity index (χ0v) is 13.6. The number of rotatable bonds is 2. The predicted octanol–water partition coefficient (Wildman–Crippen LogP) is 5.27. The fourth-order valence-corrected chi connectivity index (χ4v) is 3.39. The first kappa shape index (κ1) is 14.6. The van der Waals surface area contributed by atoms with Gasteiger partial charge in [-0.2, -0.15) is 5.26 Å². The molecule has 4 heteroatoms. The second-order valence-corrected chi connectivity index (χ2v) is 6.40. The minimum absolute atomic E-state index is 0.653. The van der Waals surface area contributed by atoms with E-state index in [1.54, 1.807) is 11.3 Å². The third-order valence-corrected chi connectivity index (χ3v) is 4.80. The molecule has 0 atom stereocenters. The summed E-state index contributed by atoms with van der Waals surface area (Å²) < 4.78 is 0. The van der Waals surface area contributed by atoms with Crippen LogP contribution in [-0.2, 0) is 0 Å². The molecule has 3 nitrogen and oxygen atoms in total. The number of hydrogen-bond donors (Lipinski definition) is 0. The number of fused-ring (bicyclic) bond motifs is 1. The molecule has 1 aliphatic heterocycles. The molecule has 114 valence electrons. The van der Waals surface area contributed by atoms with Crippen LogP contribution in [0.3, 0.4) is 0 Å². The molecule has 0 saturated carbocycles. The van der Waals surface area contributed by atoms with E-state index in [4.69, 9.17) is 15.2 Å². The highest BCUT2D eigenvalue weighted by Crippen LogP contribution is 2.33. The summed E-state index contributed by atoms with van der Waals surface area (Å²) in [5.74, 6) is 0. The van der Waals surface area contributed by atoms with E-state index in [0.717, 1.165) is 33.2 Å². The first-order chi connectivity index (χ1) is 11.8. The average molecular weight is 327 g/mol. The Morgan fingerprint density at radius 1 is 0.833 bits per heavy atom. The second kappa shape index (κ2) is 6.23. The van der Waals surface area contributed by atoms with Crippen molar-refractivity contribution in [2.24, 2.45) is 9.98 Å². The van der Waals surface area contributed by atoms with E-state index in [-0.39, 0.29) is 0 Å². The molecule has 4 rings (SSSR count). The Bertz CT molecular complexity index is 974. The smallest absolute Gasteiger partial charge is 0.0991 e. The molecule has 0 unspecified atom stereocenters. The van der Waals surface area contributed by atoms with Gasteiger partial charge in [0.05, 0.1) is 34.4 Å². The number of nitriles is 1. The third-order valence-electron chi connectivity index (χ3n) is 3.88. The lowest BCUT2D eigenvalue weighted by Gasteiger charge is -2.06. The van der Waals surface area contributed by atoms with E-state index in [1.165, 1.54) is 0 Å². The van der Waals surface area contributed by atoms with Gasteiger partial charge in [0.1, 0.15) is 0 Å². The van der Waals surface area contributed by atoms with Crippen molar-refractivity contribution < 1.29 is 0 Å². The predicted molar refractivity (Wildman–Crippen MR) is 98.9 cm³/mol. The summed E-state index contributed by atoms with van der Waals surface area (Å²) in [6, 6.07) is 21.8. The van der Waals surface area contributed by atoms with Crippen LogP contribution in [0.4, 0.5) is 11.4 Å². The van der Waals surface area contributed by atoms with Crippen LogP contribution >= 0.6 is 11.3 Å². The van der Waals surface area contributed by atoms with E-state index in [1.807, 2.05) is 54.6 Å². The zero-order chi connectivity index (χ0) is 16.4. The highest BCUT2D eigenvalue weighted by Gasteiger charge is 2.16. The molecule has 24 heavy (non-hydrogen) atoms. The van der Waals surface area contributed by atoms with Crippen LogP contribution < -0.4 is 0 Å². The van der Waals surface area contributed by atoms with Crippen LogP contribution in [0.5, 0.6) is 0 Å². The van der Waals surface area contributed by atoms with Crippen molar-refractivity contribution in [3.63, 3.8) is 0 Å². The lowest BCUT2D eigenvalue weighted by Crippen LogP contribution is -2.08. The quantitative estimate of drug-likeness (QED) is 0.633. The average Bonchev–Trinajstić information content (AvgIpc) is 3.09. The first-order valence-corrected chi connectivity index (χ1v) is 8.50.